The Bertz CT molecular complexity index is 496. The summed E-state index contributed by atoms with van der Waals surface area (Å²) in [5.41, 5.74) is 2.90. The molecule has 1 saturated carbocycles. The van der Waals surface area contributed by atoms with E-state index in [1.54, 1.807) is 6.92 Å². The third-order valence-electron chi connectivity index (χ3n) is 4.41. The summed E-state index contributed by atoms with van der Waals surface area (Å²) in [7, 11) is 0. The van der Waals surface area contributed by atoms with Gasteiger partial charge in [-0.1, -0.05) is 19.8 Å². The number of aliphatic carboxylic acids is 1. The molecule has 1 aliphatic carbocycles. The minimum atomic E-state index is -0.783. The van der Waals surface area contributed by atoms with Crippen LogP contribution in [0, 0.1) is 19.8 Å². The summed E-state index contributed by atoms with van der Waals surface area (Å²) >= 11 is 0. The van der Waals surface area contributed by atoms with Crippen LogP contribution in [0.2, 0.25) is 0 Å². The van der Waals surface area contributed by atoms with Crippen LogP contribution in [-0.4, -0.2) is 32.1 Å². The molecule has 3 atom stereocenters. The fraction of sp³-hybridized carbons (Fsp3) is 0.733. The molecule has 0 amide bonds. The predicted molar refractivity (Wildman–Crippen MR) is 75.7 cm³/mol. The maximum absolute atomic E-state index is 11.0. The van der Waals surface area contributed by atoms with Gasteiger partial charge in [0.2, 0.25) is 0 Å². The number of hydrogen-bond donors (Lipinski definition) is 2. The first-order valence-electron chi connectivity index (χ1n) is 7.37. The lowest BCUT2D eigenvalue weighted by Gasteiger charge is -2.28. The highest BCUT2D eigenvalue weighted by Gasteiger charge is 2.28. The minimum Gasteiger partial charge on any atom is -0.481 e. The van der Waals surface area contributed by atoms with Crippen LogP contribution in [0.1, 0.15) is 55.6 Å². The second kappa shape index (κ2) is 5.95. The Morgan fingerprint density at radius 2 is 2.05 bits per heavy atom. The van der Waals surface area contributed by atoms with Crippen LogP contribution in [0.15, 0.2) is 0 Å². The van der Waals surface area contributed by atoms with E-state index < -0.39 is 11.9 Å². The summed E-state index contributed by atoms with van der Waals surface area (Å²) in [6.45, 7) is 5.61. The molecular formula is C15H24N2O3. The average molecular weight is 280 g/mol. The second-order valence-corrected chi connectivity index (χ2v) is 5.96. The number of carbonyl (C=O) groups is 1. The van der Waals surface area contributed by atoms with Crippen LogP contribution in [0.4, 0.5) is 0 Å². The van der Waals surface area contributed by atoms with Gasteiger partial charge in [-0.2, -0.15) is 5.10 Å². The van der Waals surface area contributed by atoms with Crippen LogP contribution < -0.4 is 0 Å². The smallest absolute Gasteiger partial charge is 0.306 e. The van der Waals surface area contributed by atoms with Gasteiger partial charge in [-0.3, -0.25) is 9.48 Å². The molecule has 0 aromatic carbocycles. The Morgan fingerprint density at radius 3 is 2.65 bits per heavy atom. The average Bonchev–Trinajstić information content (AvgIpc) is 2.67. The molecule has 5 heteroatoms. The number of aryl methyl sites for hydroxylation is 1. The number of hydrogen-bond acceptors (Lipinski definition) is 3. The van der Waals surface area contributed by atoms with E-state index in [9.17, 15) is 9.90 Å². The lowest BCUT2D eigenvalue weighted by atomic mass is 9.92. The van der Waals surface area contributed by atoms with E-state index in [1.165, 1.54) is 0 Å². The molecule has 0 spiro atoms. The van der Waals surface area contributed by atoms with Crippen LogP contribution in [-0.2, 0) is 11.2 Å². The monoisotopic (exact) mass is 280 g/mol. The second-order valence-electron chi connectivity index (χ2n) is 5.96. The quantitative estimate of drug-likeness (QED) is 0.887. The Labute approximate surface area is 119 Å². The van der Waals surface area contributed by atoms with Gasteiger partial charge in [0, 0.05) is 5.69 Å². The molecule has 3 unspecified atom stereocenters. The molecule has 2 N–H and O–H groups in total. The molecule has 1 aromatic rings. The summed E-state index contributed by atoms with van der Waals surface area (Å²) < 4.78 is 1.92. The summed E-state index contributed by atoms with van der Waals surface area (Å²) in [4.78, 5) is 11.0. The lowest BCUT2D eigenvalue weighted by Crippen LogP contribution is -2.29. The van der Waals surface area contributed by atoms with Gasteiger partial charge in [0.05, 0.1) is 23.8 Å². The molecule has 1 aliphatic rings. The molecule has 1 aromatic heterocycles. The fourth-order valence-corrected chi connectivity index (χ4v) is 3.09. The number of aliphatic hydroxyl groups is 1. The third-order valence-corrected chi connectivity index (χ3v) is 4.41. The first kappa shape index (κ1) is 15.0. The zero-order valence-corrected chi connectivity index (χ0v) is 12.5. The summed E-state index contributed by atoms with van der Waals surface area (Å²) in [6.07, 6.45) is 4.10. The highest BCUT2D eigenvalue weighted by Crippen LogP contribution is 2.31. The standard InChI is InChI=1S/C15H24N2O3/c1-9(15(19)20)8-12-10(2)16-17(11(12)3)13-6-4-5-7-14(13)18/h9,13-14,18H,4-8H2,1-3H3,(H,19,20). The first-order chi connectivity index (χ1) is 9.41. The largest absolute Gasteiger partial charge is 0.481 e. The number of rotatable bonds is 4. The van der Waals surface area contributed by atoms with Crippen molar-refractivity contribution in [1.82, 2.24) is 9.78 Å². The van der Waals surface area contributed by atoms with Crippen molar-refractivity contribution in [1.29, 1.82) is 0 Å². The Kier molecular flexibility index (Phi) is 4.48. The Morgan fingerprint density at radius 1 is 1.40 bits per heavy atom. The molecule has 5 nitrogen and oxygen atoms in total. The van der Waals surface area contributed by atoms with Crippen molar-refractivity contribution in [3.05, 3.63) is 17.0 Å². The first-order valence-corrected chi connectivity index (χ1v) is 7.37. The molecule has 2 rings (SSSR count). The van der Waals surface area contributed by atoms with Crippen LogP contribution in [0.25, 0.3) is 0 Å². The molecule has 0 saturated heterocycles. The van der Waals surface area contributed by atoms with Crippen molar-refractivity contribution in [2.24, 2.45) is 5.92 Å². The molecule has 1 heterocycles. The van der Waals surface area contributed by atoms with Gasteiger partial charge in [0.15, 0.2) is 0 Å². The van der Waals surface area contributed by atoms with Gasteiger partial charge in [-0.05, 0) is 38.7 Å². The predicted octanol–water partition coefficient (Wildman–Crippen LogP) is 2.24. The highest BCUT2D eigenvalue weighted by atomic mass is 16.4. The summed E-state index contributed by atoms with van der Waals surface area (Å²) in [5.74, 6) is -1.20. The zero-order valence-electron chi connectivity index (χ0n) is 12.5. The van der Waals surface area contributed by atoms with Gasteiger partial charge in [0.25, 0.3) is 0 Å². The van der Waals surface area contributed by atoms with Crippen molar-refractivity contribution >= 4 is 5.97 Å². The summed E-state index contributed by atoms with van der Waals surface area (Å²) in [5, 5.41) is 23.8. The van der Waals surface area contributed by atoms with Crippen molar-refractivity contribution < 1.29 is 15.0 Å². The maximum atomic E-state index is 11.0. The molecule has 112 valence electrons. The van der Waals surface area contributed by atoms with E-state index >= 15 is 0 Å². The zero-order chi connectivity index (χ0) is 14.9. The van der Waals surface area contributed by atoms with Crippen molar-refractivity contribution in [2.45, 2.75) is 65.0 Å². The highest BCUT2D eigenvalue weighted by molar-refractivity contribution is 5.70. The number of aliphatic hydroxyl groups excluding tert-OH is 1. The third kappa shape index (κ3) is 2.87. The minimum absolute atomic E-state index is 0.0383. The van der Waals surface area contributed by atoms with Crippen LogP contribution >= 0.6 is 0 Å². The van der Waals surface area contributed by atoms with E-state index in [4.69, 9.17) is 5.11 Å². The van der Waals surface area contributed by atoms with Crippen molar-refractivity contribution in [3.63, 3.8) is 0 Å². The van der Waals surface area contributed by atoms with Gasteiger partial charge in [0.1, 0.15) is 0 Å². The molecule has 0 radical (unpaired) electrons. The van der Waals surface area contributed by atoms with Gasteiger partial charge in [-0.25, -0.2) is 0 Å². The van der Waals surface area contributed by atoms with Gasteiger partial charge in [-0.15, -0.1) is 0 Å². The van der Waals surface area contributed by atoms with E-state index in [1.807, 2.05) is 18.5 Å². The van der Waals surface area contributed by atoms with Crippen LogP contribution in [0.3, 0.4) is 0 Å². The fourth-order valence-electron chi connectivity index (χ4n) is 3.09. The number of carboxylic acids is 1. The maximum Gasteiger partial charge on any atom is 0.306 e. The van der Waals surface area contributed by atoms with E-state index in [0.29, 0.717) is 6.42 Å². The Balaban J connectivity index is 2.26. The number of carboxylic acid groups (broad SMARTS) is 1. The van der Waals surface area contributed by atoms with Crippen molar-refractivity contribution in [2.75, 3.05) is 0 Å². The van der Waals surface area contributed by atoms with E-state index in [0.717, 1.165) is 42.6 Å². The normalized spacial score (nSPS) is 24.6. The molecular weight excluding hydrogens is 256 g/mol. The SMILES string of the molecule is Cc1nn(C2CCCCC2O)c(C)c1CC(C)C(=O)O. The number of aromatic nitrogens is 2. The topological polar surface area (TPSA) is 75.3 Å². The van der Waals surface area contributed by atoms with Crippen molar-refractivity contribution in [3.8, 4) is 0 Å². The van der Waals surface area contributed by atoms with Gasteiger partial charge < -0.3 is 10.2 Å². The summed E-state index contributed by atoms with van der Waals surface area (Å²) in [6, 6.07) is 0.0383. The lowest BCUT2D eigenvalue weighted by molar-refractivity contribution is -0.141. The molecule has 1 fully saturated rings. The van der Waals surface area contributed by atoms with E-state index in [2.05, 4.69) is 5.10 Å². The molecule has 20 heavy (non-hydrogen) atoms. The van der Waals surface area contributed by atoms with Crippen LogP contribution in [0.5, 0.6) is 0 Å². The molecule has 0 bridgehead atoms. The van der Waals surface area contributed by atoms with E-state index in [-0.39, 0.29) is 12.1 Å². The number of nitrogens with zero attached hydrogens (tertiary/aromatic N) is 2. The Hall–Kier alpha value is -1.36. The molecule has 0 aliphatic heterocycles. The van der Waals surface area contributed by atoms with Gasteiger partial charge >= 0.3 is 5.97 Å².